The Bertz CT molecular complexity index is 855. The number of hydrogen-bond donors (Lipinski definition) is 2. The second-order valence-electron chi connectivity index (χ2n) is 6.94. The van der Waals surface area contributed by atoms with E-state index in [0.717, 1.165) is 42.5 Å². The number of nitrogens with one attached hydrogen (secondary N) is 2. The van der Waals surface area contributed by atoms with E-state index in [9.17, 15) is 14.4 Å². The Morgan fingerprint density at radius 1 is 1.29 bits per heavy atom. The molecule has 0 radical (unpaired) electrons. The highest BCUT2D eigenvalue weighted by Gasteiger charge is 2.23. The van der Waals surface area contributed by atoms with Crippen molar-refractivity contribution in [2.45, 2.75) is 37.8 Å². The minimum Gasteiger partial charge on any atom is -0.494 e. The van der Waals surface area contributed by atoms with Crippen LogP contribution < -0.4 is 15.4 Å². The van der Waals surface area contributed by atoms with Crippen molar-refractivity contribution in [2.75, 3.05) is 13.7 Å². The third-order valence-electron chi connectivity index (χ3n) is 4.98. The maximum atomic E-state index is 13.9. The van der Waals surface area contributed by atoms with Crippen molar-refractivity contribution in [2.24, 2.45) is 0 Å². The number of benzene rings is 2. The van der Waals surface area contributed by atoms with E-state index in [0.29, 0.717) is 6.42 Å². The molecule has 146 valence electrons. The van der Waals surface area contributed by atoms with Crippen LogP contribution >= 0.6 is 0 Å². The van der Waals surface area contributed by atoms with Gasteiger partial charge in [0.2, 0.25) is 5.91 Å². The number of ether oxygens (including phenoxy) is 1. The van der Waals surface area contributed by atoms with E-state index in [1.807, 2.05) is 24.3 Å². The molecule has 0 bridgehead atoms. The first-order valence-corrected chi connectivity index (χ1v) is 9.47. The normalized spacial score (nSPS) is 17.4. The number of methoxy groups -OCH3 is 1. The molecule has 1 fully saturated rings. The third-order valence-corrected chi connectivity index (χ3v) is 4.98. The molecular weight excluding hydrogens is 357 g/mol. The molecule has 1 heterocycles. The van der Waals surface area contributed by atoms with Gasteiger partial charge in [-0.15, -0.1) is 0 Å². The maximum Gasteiger partial charge on any atom is 0.238 e. The Kier molecular flexibility index (Phi) is 6.62. The van der Waals surface area contributed by atoms with Gasteiger partial charge in [0.25, 0.3) is 0 Å². The lowest BCUT2D eigenvalue weighted by atomic mass is 10.00. The molecule has 0 saturated carbocycles. The predicted octanol–water partition coefficient (Wildman–Crippen LogP) is 3.19. The molecular formula is C22H24FN3O2. The second-order valence-corrected chi connectivity index (χ2v) is 6.94. The van der Waals surface area contributed by atoms with Gasteiger partial charge in [-0.2, -0.15) is 5.26 Å². The quantitative estimate of drug-likeness (QED) is 0.806. The summed E-state index contributed by atoms with van der Waals surface area (Å²) in [6.45, 7) is 0.836. The number of nitrogens with zero attached hydrogens (tertiary/aromatic N) is 1. The summed E-state index contributed by atoms with van der Waals surface area (Å²) in [6, 6.07) is 13.8. The summed E-state index contributed by atoms with van der Waals surface area (Å²) in [6.07, 6.45) is 3.33. The van der Waals surface area contributed by atoms with Crippen LogP contribution in [0.3, 0.4) is 0 Å². The molecule has 6 heteroatoms. The van der Waals surface area contributed by atoms with Gasteiger partial charge < -0.3 is 15.4 Å². The first kappa shape index (κ1) is 19.8. The zero-order chi connectivity index (χ0) is 19.9. The SMILES string of the molecule is COc1ccc(-c2ccc(C[C@@H](C#N)NC(=O)[C@@H]3CCCCN3)cc2)cc1F. The van der Waals surface area contributed by atoms with Gasteiger partial charge in [0.05, 0.1) is 19.2 Å². The molecule has 0 aromatic heterocycles. The van der Waals surface area contributed by atoms with Crippen LogP contribution in [-0.4, -0.2) is 31.6 Å². The first-order valence-electron chi connectivity index (χ1n) is 9.47. The van der Waals surface area contributed by atoms with Crippen LogP contribution in [0.4, 0.5) is 4.39 Å². The second kappa shape index (κ2) is 9.34. The van der Waals surface area contributed by atoms with Gasteiger partial charge in [0.1, 0.15) is 6.04 Å². The number of rotatable bonds is 6. The fourth-order valence-corrected chi connectivity index (χ4v) is 3.39. The summed E-state index contributed by atoms with van der Waals surface area (Å²) >= 11 is 0. The van der Waals surface area contributed by atoms with E-state index >= 15 is 0 Å². The fraction of sp³-hybridized carbons (Fsp3) is 0.364. The molecule has 5 nitrogen and oxygen atoms in total. The molecule has 1 saturated heterocycles. The Morgan fingerprint density at radius 3 is 2.64 bits per heavy atom. The van der Waals surface area contributed by atoms with E-state index in [2.05, 4.69) is 16.7 Å². The van der Waals surface area contributed by atoms with Crippen LogP contribution in [0.5, 0.6) is 5.75 Å². The lowest BCUT2D eigenvalue weighted by Gasteiger charge is -2.23. The van der Waals surface area contributed by atoms with E-state index in [1.54, 1.807) is 12.1 Å². The molecule has 3 rings (SSSR count). The van der Waals surface area contributed by atoms with Gasteiger partial charge >= 0.3 is 0 Å². The lowest BCUT2D eigenvalue weighted by molar-refractivity contribution is -0.124. The van der Waals surface area contributed by atoms with E-state index in [1.165, 1.54) is 13.2 Å². The van der Waals surface area contributed by atoms with E-state index in [4.69, 9.17) is 4.74 Å². The van der Waals surface area contributed by atoms with Crippen molar-refractivity contribution in [3.05, 3.63) is 53.8 Å². The summed E-state index contributed by atoms with van der Waals surface area (Å²) in [5.41, 5.74) is 2.55. The van der Waals surface area contributed by atoms with E-state index < -0.39 is 11.9 Å². The number of piperidine rings is 1. The van der Waals surface area contributed by atoms with Crippen molar-refractivity contribution in [3.63, 3.8) is 0 Å². The largest absolute Gasteiger partial charge is 0.494 e. The highest BCUT2D eigenvalue weighted by molar-refractivity contribution is 5.82. The predicted molar refractivity (Wildman–Crippen MR) is 105 cm³/mol. The van der Waals surface area contributed by atoms with Crippen molar-refractivity contribution in [3.8, 4) is 22.9 Å². The zero-order valence-electron chi connectivity index (χ0n) is 15.9. The Morgan fingerprint density at radius 2 is 2.04 bits per heavy atom. The van der Waals surface area contributed by atoms with Crippen LogP contribution in [0, 0.1) is 17.1 Å². The molecule has 2 N–H and O–H groups in total. The number of carbonyl (C=O) groups excluding carboxylic acids is 1. The zero-order valence-corrected chi connectivity index (χ0v) is 15.9. The minimum atomic E-state index is -0.583. The van der Waals surface area contributed by atoms with Crippen LogP contribution in [0.1, 0.15) is 24.8 Å². The smallest absolute Gasteiger partial charge is 0.238 e. The van der Waals surface area contributed by atoms with Crippen molar-refractivity contribution >= 4 is 5.91 Å². The summed E-state index contributed by atoms with van der Waals surface area (Å²) in [4.78, 5) is 12.3. The number of halogens is 1. The molecule has 1 aliphatic rings. The number of carbonyl (C=O) groups is 1. The van der Waals surface area contributed by atoms with Gasteiger partial charge in [-0.05, 0) is 48.2 Å². The molecule has 2 aromatic carbocycles. The van der Waals surface area contributed by atoms with Crippen LogP contribution in [0.25, 0.3) is 11.1 Å². The topological polar surface area (TPSA) is 74.1 Å². The van der Waals surface area contributed by atoms with Crippen molar-refractivity contribution in [1.82, 2.24) is 10.6 Å². The Hall–Kier alpha value is -2.91. The average molecular weight is 381 g/mol. The van der Waals surface area contributed by atoms with Crippen molar-refractivity contribution in [1.29, 1.82) is 5.26 Å². The number of nitriles is 1. The van der Waals surface area contributed by atoms with Gasteiger partial charge in [-0.1, -0.05) is 36.8 Å². The highest BCUT2D eigenvalue weighted by atomic mass is 19.1. The van der Waals surface area contributed by atoms with E-state index in [-0.39, 0.29) is 17.7 Å². The Labute approximate surface area is 164 Å². The molecule has 2 atom stereocenters. The van der Waals surface area contributed by atoms with Gasteiger partial charge in [0.15, 0.2) is 11.6 Å². The van der Waals surface area contributed by atoms with Crippen LogP contribution in [0.2, 0.25) is 0 Å². The van der Waals surface area contributed by atoms with Crippen LogP contribution in [0.15, 0.2) is 42.5 Å². The Balaban J connectivity index is 1.63. The first-order chi connectivity index (χ1) is 13.6. The van der Waals surface area contributed by atoms with Gasteiger partial charge in [-0.25, -0.2) is 4.39 Å². The maximum absolute atomic E-state index is 13.9. The monoisotopic (exact) mass is 381 g/mol. The summed E-state index contributed by atoms with van der Waals surface area (Å²) in [5.74, 6) is -0.315. The standard InChI is InChI=1S/C22H24FN3O2/c1-28-21-10-9-17(13-19(21)23)16-7-5-15(6-8-16)12-18(14-24)26-22(27)20-4-2-3-11-25-20/h5-10,13,18,20,25H,2-4,11-12H2,1H3,(H,26,27)/t18-,20-/m0/s1. The summed E-state index contributed by atoms with van der Waals surface area (Å²) in [7, 11) is 1.43. The number of hydrogen-bond acceptors (Lipinski definition) is 4. The summed E-state index contributed by atoms with van der Waals surface area (Å²) < 4.78 is 18.8. The number of amides is 1. The fourth-order valence-electron chi connectivity index (χ4n) is 3.39. The van der Waals surface area contributed by atoms with Crippen molar-refractivity contribution < 1.29 is 13.9 Å². The third kappa shape index (κ3) is 4.87. The molecule has 28 heavy (non-hydrogen) atoms. The molecule has 2 aromatic rings. The molecule has 1 amide bonds. The minimum absolute atomic E-state index is 0.114. The lowest BCUT2D eigenvalue weighted by Crippen LogP contribution is -2.49. The highest BCUT2D eigenvalue weighted by Crippen LogP contribution is 2.26. The molecule has 1 aliphatic heterocycles. The molecule has 0 aliphatic carbocycles. The van der Waals surface area contributed by atoms with Gasteiger partial charge in [0, 0.05) is 6.42 Å². The molecule has 0 unspecified atom stereocenters. The summed E-state index contributed by atoms with van der Waals surface area (Å²) in [5, 5.41) is 15.4. The van der Waals surface area contributed by atoms with Crippen LogP contribution in [-0.2, 0) is 11.2 Å². The van der Waals surface area contributed by atoms with Gasteiger partial charge in [-0.3, -0.25) is 4.79 Å². The molecule has 0 spiro atoms. The average Bonchev–Trinajstić information content (AvgIpc) is 2.74.